The summed E-state index contributed by atoms with van der Waals surface area (Å²) in [6, 6.07) is 11.2. The van der Waals surface area contributed by atoms with Crippen LogP contribution >= 0.6 is 0 Å². The van der Waals surface area contributed by atoms with Crippen molar-refractivity contribution in [2.24, 2.45) is 0 Å². The Morgan fingerprint density at radius 1 is 1.04 bits per heavy atom. The Labute approximate surface area is 164 Å². The Morgan fingerprint density at radius 3 is 2.46 bits per heavy atom. The molecule has 0 aromatic heterocycles. The number of anilines is 2. The minimum absolute atomic E-state index is 0.0545. The average Bonchev–Trinajstić information content (AvgIpc) is 2.71. The number of amides is 1. The monoisotopic (exact) mass is 400 g/mol. The van der Waals surface area contributed by atoms with Crippen molar-refractivity contribution in [2.75, 3.05) is 18.0 Å². The van der Waals surface area contributed by atoms with E-state index in [9.17, 15) is 17.6 Å². The standard InChI is InChI=1S/C21H21FN2O3S/c1-15-9-10-16(13-17(15)22)24-14-20(21(25)23-11-5-2-6-12-23)28(26,27)19-8-4-3-7-18(19)24/h3-4,7-10,13-14H,2,5-6,11-12H2,1H3. The third-order valence-electron chi connectivity index (χ3n) is 5.24. The van der Waals surface area contributed by atoms with Crippen molar-refractivity contribution in [3.63, 3.8) is 0 Å². The third-order valence-corrected chi connectivity index (χ3v) is 7.02. The number of nitrogens with zero attached hydrogens (tertiary/aromatic N) is 2. The van der Waals surface area contributed by atoms with Gasteiger partial charge < -0.3 is 9.80 Å². The zero-order valence-corrected chi connectivity index (χ0v) is 16.4. The normalized spacial score (nSPS) is 18.4. The highest BCUT2D eigenvalue weighted by Gasteiger charge is 2.37. The van der Waals surface area contributed by atoms with Crippen LogP contribution in [0, 0.1) is 12.7 Å². The van der Waals surface area contributed by atoms with Gasteiger partial charge in [-0.3, -0.25) is 4.79 Å². The van der Waals surface area contributed by atoms with Crippen molar-refractivity contribution in [1.29, 1.82) is 0 Å². The molecular weight excluding hydrogens is 379 g/mol. The van der Waals surface area contributed by atoms with Gasteiger partial charge in [-0.2, -0.15) is 0 Å². The first-order valence-corrected chi connectivity index (χ1v) is 10.8. The number of rotatable bonds is 2. The number of halogens is 1. The van der Waals surface area contributed by atoms with E-state index >= 15 is 0 Å². The molecule has 1 fully saturated rings. The summed E-state index contributed by atoms with van der Waals surface area (Å²) in [5.74, 6) is -0.882. The largest absolute Gasteiger partial charge is 0.338 e. The zero-order valence-electron chi connectivity index (χ0n) is 15.6. The number of aryl methyl sites for hydroxylation is 1. The van der Waals surface area contributed by atoms with Crippen molar-refractivity contribution < 1.29 is 17.6 Å². The summed E-state index contributed by atoms with van der Waals surface area (Å²) >= 11 is 0. The average molecular weight is 400 g/mol. The molecule has 7 heteroatoms. The summed E-state index contributed by atoms with van der Waals surface area (Å²) in [6.45, 7) is 2.76. The maximum Gasteiger partial charge on any atom is 0.267 e. The lowest BCUT2D eigenvalue weighted by atomic mass is 10.1. The van der Waals surface area contributed by atoms with Gasteiger partial charge >= 0.3 is 0 Å². The van der Waals surface area contributed by atoms with Gasteiger partial charge in [0, 0.05) is 25.0 Å². The molecule has 146 valence electrons. The summed E-state index contributed by atoms with van der Waals surface area (Å²) in [4.78, 5) is 16.0. The summed E-state index contributed by atoms with van der Waals surface area (Å²) in [6.07, 6.45) is 4.09. The Morgan fingerprint density at radius 2 is 1.75 bits per heavy atom. The minimum Gasteiger partial charge on any atom is -0.338 e. The second-order valence-electron chi connectivity index (χ2n) is 7.12. The number of fused-ring (bicyclic) bond motifs is 1. The van der Waals surface area contributed by atoms with Crippen LogP contribution in [0.1, 0.15) is 24.8 Å². The molecule has 2 aliphatic rings. The van der Waals surface area contributed by atoms with E-state index < -0.39 is 15.7 Å². The van der Waals surface area contributed by atoms with Crippen molar-refractivity contribution >= 4 is 27.1 Å². The van der Waals surface area contributed by atoms with Crippen LogP contribution in [0.15, 0.2) is 58.5 Å². The number of para-hydroxylation sites is 1. The molecule has 0 unspecified atom stereocenters. The molecular formula is C21H21FN2O3S. The molecule has 2 aromatic carbocycles. The van der Waals surface area contributed by atoms with Gasteiger partial charge in [-0.1, -0.05) is 18.2 Å². The quantitative estimate of drug-likeness (QED) is 0.767. The first-order valence-electron chi connectivity index (χ1n) is 9.30. The third kappa shape index (κ3) is 3.09. The highest BCUT2D eigenvalue weighted by molar-refractivity contribution is 7.96. The second-order valence-corrected chi connectivity index (χ2v) is 9.01. The fourth-order valence-corrected chi connectivity index (χ4v) is 5.17. The number of benzene rings is 2. The summed E-state index contributed by atoms with van der Waals surface area (Å²) < 4.78 is 40.5. The Hall–Kier alpha value is -2.67. The summed E-state index contributed by atoms with van der Waals surface area (Å²) in [5, 5.41) is 0. The molecule has 2 heterocycles. The van der Waals surface area contributed by atoms with E-state index in [1.54, 1.807) is 47.1 Å². The highest BCUT2D eigenvalue weighted by atomic mass is 32.2. The molecule has 0 aliphatic carbocycles. The lowest BCUT2D eigenvalue weighted by Crippen LogP contribution is -2.39. The smallest absolute Gasteiger partial charge is 0.267 e. The first-order chi connectivity index (χ1) is 13.4. The van der Waals surface area contributed by atoms with Crippen LogP contribution in [-0.2, 0) is 14.6 Å². The van der Waals surface area contributed by atoms with E-state index in [4.69, 9.17) is 0 Å². The Bertz CT molecular complexity index is 1070. The molecule has 0 spiro atoms. The fraction of sp³-hybridized carbons (Fsp3) is 0.286. The van der Waals surface area contributed by atoms with Crippen LogP contribution in [0.2, 0.25) is 0 Å². The first kappa shape index (κ1) is 18.7. The van der Waals surface area contributed by atoms with E-state index in [1.165, 1.54) is 18.3 Å². The van der Waals surface area contributed by atoms with E-state index in [-0.39, 0.29) is 15.6 Å². The minimum atomic E-state index is -3.96. The molecule has 0 N–H and O–H groups in total. The summed E-state index contributed by atoms with van der Waals surface area (Å²) in [5.41, 5.74) is 1.37. The fourth-order valence-electron chi connectivity index (χ4n) is 3.63. The molecule has 5 nitrogen and oxygen atoms in total. The van der Waals surface area contributed by atoms with Gasteiger partial charge in [0.2, 0.25) is 9.84 Å². The van der Waals surface area contributed by atoms with E-state index in [0.717, 1.165) is 19.3 Å². The maximum atomic E-state index is 14.2. The maximum absolute atomic E-state index is 14.2. The highest BCUT2D eigenvalue weighted by Crippen LogP contribution is 2.40. The number of sulfone groups is 1. The molecule has 1 saturated heterocycles. The number of piperidine rings is 1. The van der Waals surface area contributed by atoms with Crippen LogP contribution in [0.4, 0.5) is 15.8 Å². The SMILES string of the molecule is Cc1ccc(N2C=C(C(=O)N3CCCCC3)S(=O)(=O)c3ccccc32)cc1F. The van der Waals surface area contributed by atoms with Crippen LogP contribution < -0.4 is 4.90 Å². The number of hydrogen-bond donors (Lipinski definition) is 0. The van der Waals surface area contributed by atoms with Gasteiger partial charge in [-0.05, 0) is 56.0 Å². The van der Waals surface area contributed by atoms with Crippen molar-refractivity contribution in [3.05, 3.63) is 65.0 Å². The van der Waals surface area contributed by atoms with Gasteiger partial charge in [-0.15, -0.1) is 0 Å². The van der Waals surface area contributed by atoms with Gasteiger partial charge in [0.15, 0.2) is 4.91 Å². The Balaban J connectivity index is 1.86. The number of likely N-dealkylation sites (tertiary alicyclic amines) is 1. The summed E-state index contributed by atoms with van der Waals surface area (Å²) in [7, 11) is -3.96. The van der Waals surface area contributed by atoms with E-state index in [0.29, 0.717) is 30.0 Å². The molecule has 2 aromatic rings. The lowest BCUT2D eigenvalue weighted by Gasteiger charge is -2.32. The molecule has 0 radical (unpaired) electrons. The number of hydrogen-bond acceptors (Lipinski definition) is 4. The van der Waals surface area contributed by atoms with Gasteiger partial charge in [-0.25, -0.2) is 12.8 Å². The van der Waals surface area contributed by atoms with Crippen LogP contribution in [-0.4, -0.2) is 32.3 Å². The van der Waals surface area contributed by atoms with Gasteiger partial charge in [0.05, 0.1) is 10.6 Å². The van der Waals surface area contributed by atoms with Crippen molar-refractivity contribution in [3.8, 4) is 0 Å². The van der Waals surface area contributed by atoms with Crippen LogP contribution in [0.5, 0.6) is 0 Å². The van der Waals surface area contributed by atoms with Crippen LogP contribution in [0.3, 0.4) is 0 Å². The molecule has 28 heavy (non-hydrogen) atoms. The van der Waals surface area contributed by atoms with Crippen molar-refractivity contribution in [1.82, 2.24) is 4.90 Å². The lowest BCUT2D eigenvalue weighted by molar-refractivity contribution is -0.127. The number of carbonyl (C=O) groups is 1. The molecule has 2 aliphatic heterocycles. The topological polar surface area (TPSA) is 57.7 Å². The predicted molar refractivity (Wildman–Crippen MR) is 105 cm³/mol. The predicted octanol–water partition coefficient (Wildman–Crippen LogP) is 3.91. The molecule has 4 rings (SSSR count). The molecule has 0 atom stereocenters. The van der Waals surface area contributed by atoms with Gasteiger partial charge in [0.25, 0.3) is 5.91 Å². The van der Waals surface area contributed by atoms with E-state index in [1.807, 2.05) is 0 Å². The molecule has 1 amide bonds. The number of carbonyl (C=O) groups excluding carboxylic acids is 1. The van der Waals surface area contributed by atoms with Crippen molar-refractivity contribution in [2.45, 2.75) is 31.1 Å². The molecule has 0 saturated carbocycles. The van der Waals surface area contributed by atoms with Gasteiger partial charge in [0.1, 0.15) is 5.82 Å². The second kappa shape index (κ2) is 7.05. The molecule has 0 bridgehead atoms. The zero-order chi connectivity index (χ0) is 19.9. The Kier molecular flexibility index (Phi) is 4.71. The van der Waals surface area contributed by atoms with E-state index in [2.05, 4.69) is 0 Å². The van der Waals surface area contributed by atoms with Crippen LogP contribution in [0.25, 0.3) is 0 Å².